The van der Waals surface area contributed by atoms with E-state index in [2.05, 4.69) is 15.5 Å². The van der Waals surface area contributed by atoms with Crippen LogP contribution in [0.5, 0.6) is 0 Å². The van der Waals surface area contributed by atoms with E-state index in [-0.39, 0.29) is 5.91 Å². The highest BCUT2D eigenvalue weighted by atomic mass is 32.1. The molecular weight excluding hydrogens is 310 g/mol. The minimum Gasteiger partial charge on any atom is -0.462 e. The molecule has 0 spiro atoms. The van der Waals surface area contributed by atoms with Crippen LogP contribution in [0.3, 0.4) is 0 Å². The van der Waals surface area contributed by atoms with E-state index in [9.17, 15) is 4.79 Å². The summed E-state index contributed by atoms with van der Waals surface area (Å²) in [6.07, 6.45) is 1.57. The normalized spacial score (nSPS) is 10.8. The second-order valence-electron chi connectivity index (χ2n) is 4.91. The average molecular weight is 321 g/mol. The predicted octanol–water partition coefficient (Wildman–Crippen LogP) is 4.20. The lowest BCUT2D eigenvalue weighted by molar-refractivity contribution is 0.102. The Labute approximate surface area is 135 Å². The van der Waals surface area contributed by atoms with Crippen LogP contribution < -0.4 is 5.32 Å². The lowest BCUT2D eigenvalue weighted by atomic mass is 10.1. The van der Waals surface area contributed by atoms with E-state index in [0.29, 0.717) is 21.5 Å². The number of carbonyl (C=O) groups excluding carboxylic acids is 1. The maximum atomic E-state index is 12.4. The molecule has 0 radical (unpaired) electrons. The van der Waals surface area contributed by atoms with Crippen molar-refractivity contribution in [3.8, 4) is 10.8 Å². The van der Waals surface area contributed by atoms with Crippen molar-refractivity contribution < 1.29 is 9.21 Å². The Balaban J connectivity index is 1.57. The Morgan fingerprint density at radius 1 is 1.00 bits per heavy atom. The van der Waals surface area contributed by atoms with Crippen molar-refractivity contribution in [2.45, 2.75) is 0 Å². The van der Waals surface area contributed by atoms with Crippen molar-refractivity contribution >= 4 is 33.1 Å². The molecule has 2 aromatic carbocycles. The van der Waals surface area contributed by atoms with Crippen LogP contribution in [-0.2, 0) is 0 Å². The molecule has 0 bridgehead atoms. The van der Waals surface area contributed by atoms with E-state index >= 15 is 0 Å². The maximum Gasteiger partial charge on any atom is 0.257 e. The predicted molar refractivity (Wildman–Crippen MR) is 89.5 cm³/mol. The minimum absolute atomic E-state index is 0.210. The number of hydrogen-bond donors (Lipinski definition) is 1. The summed E-state index contributed by atoms with van der Waals surface area (Å²) in [7, 11) is 0. The van der Waals surface area contributed by atoms with E-state index in [1.165, 1.54) is 11.3 Å². The summed E-state index contributed by atoms with van der Waals surface area (Å²) in [6.45, 7) is 0. The monoisotopic (exact) mass is 321 g/mol. The van der Waals surface area contributed by atoms with Crippen molar-refractivity contribution in [1.29, 1.82) is 0 Å². The van der Waals surface area contributed by atoms with Crippen LogP contribution in [0.2, 0.25) is 0 Å². The fraction of sp³-hybridized carbons (Fsp3) is 0. The Morgan fingerprint density at radius 3 is 2.70 bits per heavy atom. The molecule has 0 aliphatic heterocycles. The van der Waals surface area contributed by atoms with Crippen molar-refractivity contribution in [1.82, 2.24) is 10.2 Å². The van der Waals surface area contributed by atoms with Gasteiger partial charge in [-0.1, -0.05) is 41.7 Å². The van der Waals surface area contributed by atoms with Gasteiger partial charge in [-0.25, -0.2) is 0 Å². The number of carbonyl (C=O) groups is 1. The van der Waals surface area contributed by atoms with E-state index < -0.39 is 0 Å². The number of fused-ring (bicyclic) bond motifs is 1. The Hall–Kier alpha value is -2.99. The average Bonchev–Trinajstić information content (AvgIpc) is 3.25. The zero-order valence-corrected chi connectivity index (χ0v) is 12.7. The van der Waals surface area contributed by atoms with Crippen LogP contribution in [0.15, 0.2) is 65.3 Å². The highest BCUT2D eigenvalue weighted by Gasteiger charge is 2.12. The molecular formula is C17H11N3O2S. The third-order valence-electron chi connectivity index (χ3n) is 3.39. The molecule has 2 aromatic heterocycles. The van der Waals surface area contributed by atoms with Crippen LogP contribution >= 0.6 is 11.3 Å². The second kappa shape index (κ2) is 5.66. The van der Waals surface area contributed by atoms with Gasteiger partial charge in [0.15, 0.2) is 10.8 Å². The van der Waals surface area contributed by atoms with Gasteiger partial charge < -0.3 is 4.42 Å². The number of furan rings is 1. The third kappa shape index (κ3) is 2.72. The fourth-order valence-corrected chi connectivity index (χ4v) is 2.98. The lowest BCUT2D eigenvalue weighted by Crippen LogP contribution is -2.11. The van der Waals surface area contributed by atoms with Gasteiger partial charge in [-0.3, -0.25) is 10.1 Å². The summed E-state index contributed by atoms with van der Waals surface area (Å²) in [5.74, 6) is 0.423. The molecule has 0 aliphatic rings. The van der Waals surface area contributed by atoms with Crippen molar-refractivity contribution in [2.24, 2.45) is 0 Å². The van der Waals surface area contributed by atoms with Crippen LogP contribution in [0.25, 0.3) is 21.5 Å². The highest BCUT2D eigenvalue weighted by molar-refractivity contribution is 7.18. The summed E-state index contributed by atoms with van der Waals surface area (Å²) >= 11 is 1.27. The molecule has 0 aliphatic carbocycles. The van der Waals surface area contributed by atoms with Gasteiger partial charge in [-0.2, -0.15) is 0 Å². The van der Waals surface area contributed by atoms with Gasteiger partial charge in [0.05, 0.1) is 6.26 Å². The largest absolute Gasteiger partial charge is 0.462 e. The molecule has 0 saturated heterocycles. The van der Waals surface area contributed by atoms with E-state index in [0.717, 1.165) is 10.8 Å². The van der Waals surface area contributed by atoms with Gasteiger partial charge in [0.2, 0.25) is 5.13 Å². The van der Waals surface area contributed by atoms with Gasteiger partial charge in [0, 0.05) is 5.56 Å². The number of nitrogens with zero attached hydrogens (tertiary/aromatic N) is 2. The quantitative estimate of drug-likeness (QED) is 0.614. The zero-order chi connectivity index (χ0) is 15.6. The third-order valence-corrected chi connectivity index (χ3v) is 4.24. The number of nitrogens with one attached hydrogen (secondary N) is 1. The van der Waals surface area contributed by atoms with Crippen molar-refractivity contribution in [3.05, 3.63) is 66.4 Å². The number of rotatable bonds is 3. The summed E-state index contributed by atoms with van der Waals surface area (Å²) < 4.78 is 5.27. The molecule has 6 heteroatoms. The van der Waals surface area contributed by atoms with Crippen LogP contribution in [0, 0.1) is 0 Å². The first kappa shape index (κ1) is 13.7. The number of anilines is 1. The summed E-state index contributed by atoms with van der Waals surface area (Å²) in [4.78, 5) is 12.4. The van der Waals surface area contributed by atoms with Crippen LogP contribution in [-0.4, -0.2) is 16.1 Å². The molecule has 1 N–H and O–H groups in total. The number of benzene rings is 2. The summed E-state index contributed by atoms with van der Waals surface area (Å²) in [6, 6.07) is 17.1. The molecule has 4 aromatic rings. The molecule has 2 heterocycles. The van der Waals surface area contributed by atoms with E-state index in [4.69, 9.17) is 4.42 Å². The van der Waals surface area contributed by atoms with Gasteiger partial charge >= 0.3 is 0 Å². The Kier molecular flexibility index (Phi) is 3.36. The number of hydrogen-bond acceptors (Lipinski definition) is 5. The Morgan fingerprint density at radius 2 is 1.87 bits per heavy atom. The number of amides is 1. The van der Waals surface area contributed by atoms with E-state index in [1.54, 1.807) is 24.5 Å². The molecule has 0 atom stereocenters. The number of aromatic nitrogens is 2. The molecule has 112 valence electrons. The topological polar surface area (TPSA) is 68.0 Å². The Bertz CT molecular complexity index is 976. The smallest absolute Gasteiger partial charge is 0.257 e. The van der Waals surface area contributed by atoms with E-state index in [1.807, 2.05) is 36.4 Å². The highest BCUT2D eigenvalue weighted by Crippen LogP contribution is 2.27. The summed E-state index contributed by atoms with van der Waals surface area (Å²) in [5.41, 5.74) is 0.582. The lowest BCUT2D eigenvalue weighted by Gasteiger charge is -2.03. The van der Waals surface area contributed by atoms with Crippen LogP contribution in [0.1, 0.15) is 10.4 Å². The zero-order valence-electron chi connectivity index (χ0n) is 11.9. The van der Waals surface area contributed by atoms with Gasteiger partial charge in [0.25, 0.3) is 5.91 Å². The first-order chi connectivity index (χ1) is 11.3. The summed E-state index contributed by atoms with van der Waals surface area (Å²) in [5, 5.41) is 13.9. The first-order valence-electron chi connectivity index (χ1n) is 6.97. The molecule has 4 rings (SSSR count). The SMILES string of the molecule is O=C(Nc1nnc(-c2ccco2)s1)c1ccc2ccccc2c1. The van der Waals surface area contributed by atoms with Gasteiger partial charge in [-0.15, -0.1) is 10.2 Å². The minimum atomic E-state index is -0.210. The molecule has 23 heavy (non-hydrogen) atoms. The van der Waals surface area contributed by atoms with Gasteiger partial charge in [0.1, 0.15) is 0 Å². The van der Waals surface area contributed by atoms with Crippen molar-refractivity contribution in [2.75, 3.05) is 5.32 Å². The molecule has 0 saturated carbocycles. The first-order valence-corrected chi connectivity index (χ1v) is 7.79. The molecule has 0 fully saturated rings. The standard InChI is InChI=1S/C17H11N3O2S/c21-15(13-8-7-11-4-1-2-5-12(11)10-13)18-17-20-19-16(23-17)14-6-3-9-22-14/h1-10H,(H,18,20,21). The second-order valence-corrected chi connectivity index (χ2v) is 5.88. The maximum absolute atomic E-state index is 12.4. The van der Waals surface area contributed by atoms with Crippen LogP contribution in [0.4, 0.5) is 5.13 Å². The fourth-order valence-electron chi connectivity index (χ4n) is 2.27. The molecule has 5 nitrogen and oxygen atoms in total. The molecule has 0 unspecified atom stereocenters. The van der Waals surface area contributed by atoms with Crippen molar-refractivity contribution in [3.63, 3.8) is 0 Å². The van der Waals surface area contributed by atoms with Gasteiger partial charge in [-0.05, 0) is 35.0 Å². The molecule has 1 amide bonds.